The lowest BCUT2D eigenvalue weighted by Gasteiger charge is -2.32. The summed E-state index contributed by atoms with van der Waals surface area (Å²) in [5.74, 6) is 1.22. The second kappa shape index (κ2) is 6.76. The van der Waals surface area contributed by atoms with Crippen molar-refractivity contribution in [3.05, 3.63) is 47.4 Å². The van der Waals surface area contributed by atoms with Crippen molar-refractivity contribution in [1.82, 2.24) is 19.9 Å². The maximum Gasteiger partial charge on any atom is 0.282 e. The topological polar surface area (TPSA) is 68.2 Å². The maximum atomic E-state index is 12.8. The zero-order chi connectivity index (χ0) is 17.2. The van der Waals surface area contributed by atoms with Crippen LogP contribution in [0.1, 0.15) is 28.5 Å². The number of carbonyl (C=O) groups excluding carboxylic acids is 1. The van der Waals surface area contributed by atoms with Gasteiger partial charge in [-0.1, -0.05) is 12.1 Å². The summed E-state index contributed by atoms with van der Waals surface area (Å²) < 4.78 is 6.98. The van der Waals surface area contributed by atoms with E-state index in [9.17, 15) is 4.79 Å². The Kier molecular flexibility index (Phi) is 4.31. The Morgan fingerprint density at radius 3 is 3.00 bits per heavy atom. The van der Waals surface area contributed by atoms with Crippen molar-refractivity contribution in [2.75, 3.05) is 13.1 Å². The standard InChI is InChI=1S/C18H18N4O2S/c1-12-19-9-8-16(20-12)24-13-5-4-10-22(11-13)18(23)17-21-14-6-2-3-7-15(14)25-17/h2-3,6-9,13H,4-5,10-11H2,1H3. The average molecular weight is 354 g/mol. The molecule has 1 fully saturated rings. The second-order valence-corrected chi connectivity index (χ2v) is 7.09. The number of nitrogens with zero attached hydrogens (tertiary/aromatic N) is 4. The molecule has 1 unspecified atom stereocenters. The number of aryl methyl sites for hydroxylation is 1. The van der Waals surface area contributed by atoms with Crippen LogP contribution >= 0.6 is 11.3 Å². The predicted molar refractivity (Wildman–Crippen MR) is 95.9 cm³/mol. The molecule has 1 aromatic carbocycles. The average Bonchev–Trinajstić information content (AvgIpc) is 3.05. The molecule has 1 saturated heterocycles. The zero-order valence-electron chi connectivity index (χ0n) is 13.9. The number of thiazole rings is 1. The molecule has 0 bridgehead atoms. The van der Waals surface area contributed by atoms with Crippen molar-refractivity contribution in [1.29, 1.82) is 0 Å². The predicted octanol–water partition coefficient (Wildman–Crippen LogP) is 3.08. The van der Waals surface area contributed by atoms with Gasteiger partial charge in [0, 0.05) is 18.8 Å². The Hall–Kier alpha value is -2.54. The van der Waals surface area contributed by atoms with Crippen LogP contribution in [-0.4, -0.2) is 45.0 Å². The molecule has 0 saturated carbocycles. The molecule has 3 heterocycles. The highest BCUT2D eigenvalue weighted by Gasteiger charge is 2.27. The second-order valence-electron chi connectivity index (χ2n) is 6.06. The van der Waals surface area contributed by atoms with Gasteiger partial charge in [-0.05, 0) is 31.9 Å². The molecular formula is C18H18N4O2S. The van der Waals surface area contributed by atoms with E-state index in [4.69, 9.17) is 4.74 Å². The molecule has 2 aromatic heterocycles. The highest BCUT2D eigenvalue weighted by Crippen LogP contribution is 2.24. The normalized spacial score (nSPS) is 17.6. The minimum atomic E-state index is -0.0543. The van der Waals surface area contributed by atoms with Gasteiger partial charge in [0.05, 0.1) is 16.8 Å². The van der Waals surface area contributed by atoms with Crippen LogP contribution in [0, 0.1) is 6.92 Å². The van der Waals surface area contributed by atoms with Crippen molar-refractivity contribution in [2.24, 2.45) is 0 Å². The SMILES string of the molecule is Cc1nccc(OC2CCCN(C(=O)c3nc4ccccc4s3)C2)n1. The molecule has 1 aliphatic rings. The Morgan fingerprint density at radius 1 is 1.28 bits per heavy atom. The van der Waals surface area contributed by atoms with E-state index in [0.29, 0.717) is 23.3 Å². The summed E-state index contributed by atoms with van der Waals surface area (Å²) in [6.07, 6.45) is 3.45. The number of carbonyl (C=O) groups is 1. The third kappa shape index (κ3) is 3.46. The monoisotopic (exact) mass is 354 g/mol. The summed E-state index contributed by atoms with van der Waals surface area (Å²) in [4.78, 5) is 27.5. The summed E-state index contributed by atoms with van der Waals surface area (Å²) in [5, 5.41) is 0.541. The van der Waals surface area contributed by atoms with Gasteiger partial charge >= 0.3 is 0 Å². The van der Waals surface area contributed by atoms with E-state index in [1.54, 1.807) is 12.3 Å². The van der Waals surface area contributed by atoms with Crippen molar-refractivity contribution in [2.45, 2.75) is 25.9 Å². The van der Waals surface area contributed by atoms with Crippen molar-refractivity contribution < 1.29 is 9.53 Å². The first-order chi connectivity index (χ1) is 12.2. The van der Waals surface area contributed by atoms with Gasteiger partial charge in [-0.2, -0.15) is 4.98 Å². The minimum absolute atomic E-state index is 0.0200. The number of para-hydroxylation sites is 1. The molecule has 1 atom stereocenters. The van der Waals surface area contributed by atoms with Crippen molar-refractivity contribution in [3.8, 4) is 5.88 Å². The summed E-state index contributed by atoms with van der Waals surface area (Å²) in [5.41, 5.74) is 0.872. The number of hydrogen-bond donors (Lipinski definition) is 0. The number of likely N-dealkylation sites (tertiary alicyclic amines) is 1. The largest absolute Gasteiger partial charge is 0.472 e. The summed E-state index contributed by atoms with van der Waals surface area (Å²) in [6, 6.07) is 9.57. The fourth-order valence-electron chi connectivity index (χ4n) is 2.99. The molecule has 6 nitrogen and oxygen atoms in total. The number of benzene rings is 1. The molecular weight excluding hydrogens is 336 g/mol. The first-order valence-corrected chi connectivity index (χ1v) is 9.12. The third-order valence-corrected chi connectivity index (χ3v) is 5.20. The number of rotatable bonds is 3. The van der Waals surface area contributed by atoms with Gasteiger partial charge < -0.3 is 9.64 Å². The van der Waals surface area contributed by atoms with E-state index in [0.717, 1.165) is 29.6 Å². The first kappa shape index (κ1) is 16.0. The van der Waals surface area contributed by atoms with Crippen molar-refractivity contribution >= 4 is 27.5 Å². The number of fused-ring (bicyclic) bond motifs is 1. The fraction of sp³-hybridized carbons (Fsp3) is 0.333. The fourth-order valence-corrected chi connectivity index (χ4v) is 3.92. The lowest BCUT2D eigenvalue weighted by molar-refractivity contribution is 0.0527. The van der Waals surface area contributed by atoms with E-state index in [1.807, 2.05) is 36.1 Å². The first-order valence-electron chi connectivity index (χ1n) is 8.30. The molecule has 7 heteroatoms. The molecule has 3 aromatic rings. The van der Waals surface area contributed by atoms with Gasteiger partial charge in [0.1, 0.15) is 11.9 Å². The van der Waals surface area contributed by atoms with Crippen LogP contribution in [0.3, 0.4) is 0 Å². The van der Waals surface area contributed by atoms with Crippen LogP contribution < -0.4 is 4.74 Å². The molecule has 25 heavy (non-hydrogen) atoms. The summed E-state index contributed by atoms with van der Waals surface area (Å²) in [6.45, 7) is 3.12. The van der Waals surface area contributed by atoms with E-state index in [2.05, 4.69) is 15.0 Å². The highest BCUT2D eigenvalue weighted by molar-refractivity contribution is 7.20. The lowest BCUT2D eigenvalue weighted by atomic mass is 10.1. The molecule has 1 amide bonds. The molecule has 0 N–H and O–H groups in total. The van der Waals surface area contributed by atoms with E-state index < -0.39 is 0 Å². The Bertz CT molecular complexity index is 878. The van der Waals surface area contributed by atoms with Crippen LogP contribution in [0.25, 0.3) is 10.2 Å². The van der Waals surface area contributed by atoms with E-state index in [1.165, 1.54) is 11.3 Å². The molecule has 1 aliphatic heterocycles. The van der Waals surface area contributed by atoms with E-state index >= 15 is 0 Å². The number of aromatic nitrogens is 3. The van der Waals surface area contributed by atoms with Crippen LogP contribution in [0.15, 0.2) is 36.5 Å². The van der Waals surface area contributed by atoms with Crippen molar-refractivity contribution in [3.63, 3.8) is 0 Å². The quantitative estimate of drug-likeness (QED) is 0.723. The third-order valence-electron chi connectivity index (χ3n) is 4.18. The van der Waals surface area contributed by atoms with Gasteiger partial charge in [0.15, 0.2) is 5.01 Å². The molecule has 128 valence electrons. The van der Waals surface area contributed by atoms with Gasteiger partial charge in [0.2, 0.25) is 5.88 Å². The summed E-state index contributed by atoms with van der Waals surface area (Å²) >= 11 is 1.44. The van der Waals surface area contributed by atoms with Crippen LogP contribution in [0.4, 0.5) is 0 Å². The smallest absolute Gasteiger partial charge is 0.282 e. The molecule has 0 aliphatic carbocycles. The summed E-state index contributed by atoms with van der Waals surface area (Å²) in [7, 11) is 0. The zero-order valence-corrected chi connectivity index (χ0v) is 14.7. The lowest BCUT2D eigenvalue weighted by Crippen LogP contribution is -2.44. The van der Waals surface area contributed by atoms with Crippen LogP contribution in [0.5, 0.6) is 5.88 Å². The number of amides is 1. The molecule has 4 rings (SSSR count). The Labute approximate surface area is 149 Å². The Morgan fingerprint density at radius 2 is 2.16 bits per heavy atom. The van der Waals surface area contributed by atoms with Gasteiger partial charge in [-0.15, -0.1) is 11.3 Å². The highest BCUT2D eigenvalue weighted by atomic mass is 32.1. The number of piperidine rings is 1. The van der Waals surface area contributed by atoms with Crippen LogP contribution in [-0.2, 0) is 0 Å². The van der Waals surface area contributed by atoms with Gasteiger partial charge in [-0.3, -0.25) is 4.79 Å². The van der Waals surface area contributed by atoms with Gasteiger partial charge in [-0.25, -0.2) is 9.97 Å². The van der Waals surface area contributed by atoms with E-state index in [-0.39, 0.29) is 12.0 Å². The number of hydrogen-bond acceptors (Lipinski definition) is 6. The molecule has 0 spiro atoms. The maximum absolute atomic E-state index is 12.8. The Balaban J connectivity index is 1.47. The number of ether oxygens (including phenoxy) is 1. The van der Waals surface area contributed by atoms with Crippen LogP contribution in [0.2, 0.25) is 0 Å². The minimum Gasteiger partial charge on any atom is -0.472 e. The molecule has 0 radical (unpaired) electrons. The van der Waals surface area contributed by atoms with Gasteiger partial charge in [0.25, 0.3) is 5.91 Å².